The fourth-order valence-electron chi connectivity index (χ4n) is 2.70. The van der Waals surface area contributed by atoms with Gasteiger partial charge in [0.05, 0.1) is 5.56 Å². The number of hydrogen-bond donors (Lipinski definition) is 1. The number of phenols is 1. The predicted octanol–water partition coefficient (Wildman–Crippen LogP) is 3.88. The molecule has 0 spiro atoms. The molecule has 3 rings (SSSR count). The number of benzene rings is 2. The molecular formula is C20H18O5. The lowest BCUT2D eigenvalue weighted by Gasteiger charge is -2.13. The van der Waals surface area contributed by atoms with E-state index in [0.717, 1.165) is 5.56 Å². The van der Waals surface area contributed by atoms with Crippen LogP contribution in [-0.2, 0) is 11.2 Å². The fourth-order valence-corrected chi connectivity index (χ4v) is 2.70. The molecule has 5 nitrogen and oxygen atoms in total. The van der Waals surface area contributed by atoms with Gasteiger partial charge in [-0.15, -0.1) is 6.58 Å². The number of allylic oxidation sites excluding steroid dienone is 1. The lowest BCUT2D eigenvalue weighted by Crippen LogP contribution is -2.08. The molecule has 0 radical (unpaired) electrons. The molecule has 0 bridgehead atoms. The molecule has 1 aromatic heterocycles. The lowest BCUT2D eigenvalue weighted by atomic mass is 10.0. The van der Waals surface area contributed by atoms with Gasteiger partial charge in [0.15, 0.2) is 6.79 Å². The molecule has 0 amide bonds. The van der Waals surface area contributed by atoms with Crippen molar-refractivity contribution in [3.63, 3.8) is 0 Å². The van der Waals surface area contributed by atoms with Crippen LogP contribution in [0.4, 0.5) is 0 Å². The van der Waals surface area contributed by atoms with Gasteiger partial charge in [-0.3, -0.25) is 4.79 Å². The fraction of sp³-hybridized carbons (Fsp3) is 0.150. The number of phenolic OH excluding ortho intramolecular Hbond substituents is 1. The van der Waals surface area contributed by atoms with Crippen LogP contribution >= 0.6 is 0 Å². The van der Waals surface area contributed by atoms with E-state index in [1.54, 1.807) is 12.1 Å². The Bertz CT molecular complexity index is 957. The van der Waals surface area contributed by atoms with E-state index < -0.39 is 0 Å². The summed E-state index contributed by atoms with van der Waals surface area (Å²) in [5, 5.41) is 10.8. The third-order valence-corrected chi connectivity index (χ3v) is 3.87. The maximum atomic E-state index is 12.9. The van der Waals surface area contributed by atoms with E-state index in [1.165, 1.54) is 13.4 Å². The van der Waals surface area contributed by atoms with Crippen LogP contribution in [0, 0.1) is 0 Å². The minimum Gasteiger partial charge on any atom is -0.507 e. The summed E-state index contributed by atoms with van der Waals surface area (Å²) in [7, 11) is 1.50. The zero-order chi connectivity index (χ0) is 17.8. The minimum atomic E-state index is -0.298. The Kier molecular flexibility index (Phi) is 4.86. The number of ether oxygens (including phenoxy) is 2. The minimum absolute atomic E-state index is 0.0153. The van der Waals surface area contributed by atoms with Crippen molar-refractivity contribution in [3.8, 4) is 22.6 Å². The molecule has 0 saturated carbocycles. The third-order valence-electron chi connectivity index (χ3n) is 3.87. The first-order valence-corrected chi connectivity index (χ1v) is 7.75. The largest absolute Gasteiger partial charge is 0.507 e. The summed E-state index contributed by atoms with van der Waals surface area (Å²) in [4.78, 5) is 12.9. The van der Waals surface area contributed by atoms with E-state index >= 15 is 0 Å². The quantitative estimate of drug-likeness (QED) is 0.546. The second kappa shape index (κ2) is 7.23. The van der Waals surface area contributed by atoms with Crippen molar-refractivity contribution in [1.29, 1.82) is 0 Å². The van der Waals surface area contributed by atoms with Crippen LogP contribution < -0.4 is 10.2 Å². The Balaban J connectivity index is 2.26. The van der Waals surface area contributed by atoms with Gasteiger partial charge in [-0.05, 0) is 12.0 Å². The van der Waals surface area contributed by atoms with Gasteiger partial charge >= 0.3 is 0 Å². The monoisotopic (exact) mass is 338 g/mol. The number of rotatable bonds is 6. The Morgan fingerprint density at radius 1 is 1.28 bits per heavy atom. The summed E-state index contributed by atoms with van der Waals surface area (Å²) in [6.45, 7) is 3.70. The van der Waals surface area contributed by atoms with E-state index in [9.17, 15) is 9.90 Å². The normalized spacial score (nSPS) is 10.8. The zero-order valence-corrected chi connectivity index (χ0v) is 13.8. The van der Waals surface area contributed by atoms with Crippen LogP contribution in [0.25, 0.3) is 22.1 Å². The summed E-state index contributed by atoms with van der Waals surface area (Å²) in [6.07, 6.45) is 3.37. The summed E-state index contributed by atoms with van der Waals surface area (Å²) < 4.78 is 16.0. The average molecular weight is 338 g/mol. The Hall–Kier alpha value is -3.05. The Morgan fingerprint density at radius 2 is 2.04 bits per heavy atom. The molecule has 5 heteroatoms. The van der Waals surface area contributed by atoms with E-state index in [4.69, 9.17) is 13.9 Å². The van der Waals surface area contributed by atoms with E-state index in [2.05, 4.69) is 6.58 Å². The lowest BCUT2D eigenvalue weighted by molar-refractivity contribution is 0.0504. The Morgan fingerprint density at radius 3 is 2.72 bits per heavy atom. The number of fused-ring (bicyclic) bond motifs is 1. The van der Waals surface area contributed by atoms with Crippen LogP contribution in [-0.4, -0.2) is 19.0 Å². The van der Waals surface area contributed by atoms with Crippen molar-refractivity contribution in [1.82, 2.24) is 0 Å². The number of methoxy groups -OCH3 is 1. The van der Waals surface area contributed by atoms with Crippen molar-refractivity contribution in [2.24, 2.45) is 0 Å². The molecule has 1 heterocycles. The molecule has 1 N–H and O–H groups in total. The molecule has 0 saturated heterocycles. The summed E-state index contributed by atoms with van der Waals surface area (Å²) >= 11 is 0. The van der Waals surface area contributed by atoms with Crippen molar-refractivity contribution in [3.05, 3.63) is 71.1 Å². The average Bonchev–Trinajstić information content (AvgIpc) is 2.63. The van der Waals surface area contributed by atoms with Crippen LogP contribution in [0.3, 0.4) is 0 Å². The second-order valence-electron chi connectivity index (χ2n) is 5.46. The van der Waals surface area contributed by atoms with Gasteiger partial charge in [0.1, 0.15) is 28.7 Å². The maximum Gasteiger partial charge on any atom is 0.204 e. The highest BCUT2D eigenvalue weighted by Gasteiger charge is 2.19. The highest BCUT2D eigenvalue weighted by molar-refractivity contribution is 5.89. The second-order valence-corrected chi connectivity index (χ2v) is 5.46. The van der Waals surface area contributed by atoms with Crippen molar-refractivity contribution >= 4 is 11.0 Å². The summed E-state index contributed by atoms with van der Waals surface area (Å²) in [5.41, 5.74) is 1.53. The number of hydrogen-bond acceptors (Lipinski definition) is 5. The first-order chi connectivity index (χ1) is 12.2. The van der Waals surface area contributed by atoms with Gasteiger partial charge in [0.2, 0.25) is 5.43 Å². The SMILES string of the molecule is C=CCc1c(OCOC)cc2occ(-c3ccccc3)c(=O)c2c1O. The van der Waals surface area contributed by atoms with Crippen LogP contribution in [0.15, 0.2) is 64.5 Å². The third kappa shape index (κ3) is 3.14. The summed E-state index contributed by atoms with van der Waals surface area (Å²) in [6, 6.07) is 10.8. The topological polar surface area (TPSA) is 68.9 Å². The van der Waals surface area contributed by atoms with Crippen molar-refractivity contribution in [2.75, 3.05) is 13.9 Å². The molecule has 2 aromatic carbocycles. The highest BCUT2D eigenvalue weighted by atomic mass is 16.7. The van der Waals surface area contributed by atoms with Crippen LogP contribution in [0.2, 0.25) is 0 Å². The molecule has 128 valence electrons. The zero-order valence-electron chi connectivity index (χ0n) is 13.8. The Labute approximate surface area is 144 Å². The first-order valence-electron chi connectivity index (χ1n) is 7.75. The van der Waals surface area contributed by atoms with E-state index in [1.807, 2.05) is 30.3 Å². The van der Waals surface area contributed by atoms with Crippen LogP contribution in [0.5, 0.6) is 11.5 Å². The first kappa shape index (κ1) is 16.8. The van der Waals surface area contributed by atoms with Gasteiger partial charge in [-0.25, -0.2) is 0 Å². The molecule has 25 heavy (non-hydrogen) atoms. The summed E-state index contributed by atoms with van der Waals surface area (Å²) in [5.74, 6) is 0.234. The van der Waals surface area contributed by atoms with Gasteiger partial charge in [-0.1, -0.05) is 36.4 Å². The molecule has 0 aliphatic heterocycles. The molecule has 0 aliphatic rings. The van der Waals surface area contributed by atoms with Crippen LogP contribution in [0.1, 0.15) is 5.56 Å². The molecule has 0 atom stereocenters. The molecule has 0 fully saturated rings. The van der Waals surface area contributed by atoms with Gasteiger partial charge in [0, 0.05) is 18.7 Å². The van der Waals surface area contributed by atoms with Gasteiger partial charge in [-0.2, -0.15) is 0 Å². The molecular weight excluding hydrogens is 320 g/mol. The smallest absolute Gasteiger partial charge is 0.204 e. The predicted molar refractivity (Wildman–Crippen MR) is 96.0 cm³/mol. The van der Waals surface area contributed by atoms with E-state index in [0.29, 0.717) is 23.3 Å². The van der Waals surface area contributed by atoms with Crippen molar-refractivity contribution in [2.45, 2.75) is 6.42 Å². The standard InChI is InChI=1S/C20H18O5/c1-3-7-14-16(25-12-23-2)10-17-18(19(14)21)20(22)15(11-24-17)13-8-5-4-6-9-13/h3-6,8-11,21H,1,7,12H2,2H3. The van der Waals surface area contributed by atoms with E-state index in [-0.39, 0.29) is 28.9 Å². The van der Waals surface area contributed by atoms with Gasteiger partial charge in [0.25, 0.3) is 0 Å². The maximum absolute atomic E-state index is 12.9. The number of aromatic hydroxyl groups is 1. The molecule has 0 aliphatic carbocycles. The molecule has 3 aromatic rings. The van der Waals surface area contributed by atoms with Gasteiger partial charge < -0.3 is 19.0 Å². The van der Waals surface area contributed by atoms with Crippen molar-refractivity contribution < 1.29 is 19.0 Å². The molecule has 0 unspecified atom stereocenters. The highest BCUT2D eigenvalue weighted by Crippen LogP contribution is 2.36.